The van der Waals surface area contributed by atoms with Crippen LogP contribution in [0.4, 0.5) is 5.69 Å². The Labute approximate surface area is 155 Å². The molecule has 2 rings (SSSR count). The van der Waals surface area contributed by atoms with Crippen LogP contribution >= 0.6 is 0 Å². The zero-order chi connectivity index (χ0) is 18.9. The normalized spacial score (nSPS) is 11.5. The number of amides is 2. The lowest BCUT2D eigenvalue weighted by Gasteiger charge is -2.15. The van der Waals surface area contributed by atoms with Gasteiger partial charge in [-0.15, -0.1) is 0 Å². The van der Waals surface area contributed by atoms with Crippen molar-refractivity contribution in [2.45, 2.75) is 25.8 Å². The highest BCUT2D eigenvalue weighted by Crippen LogP contribution is 2.10. The molecular weight excluding hydrogens is 326 g/mol. The summed E-state index contributed by atoms with van der Waals surface area (Å²) in [5, 5.41) is 6.08. The van der Waals surface area contributed by atoms with Crippen molar-refractivity contribution in [1.29, 1.82) is 0 Å². The molecule has 0 spiro atoms. The molecule has 138 valence electrons. The number of rotatable bonds is 8. The minimum absolute atomic E-state index is 0.0402. The van der Waals surface area contributed by atoms with Gasteiger partial charge in [0.15, 0.2) is 0 Å². The Kier molecular flexibility index (Phi) is 7.21. The molecule has 0 bridgehead atoms. The highest BCUT2D eigenvalue weighted by atomic mass is 16.2. The molecule has 26 heavy (non-hydrogen) atoms. The fourth-order valence-corrected chi connectivity index (χ4v) is 2.60. The van der Waals surface area contributed by atoms with Gasteiger partial charge in [-0.05, 0) is 49.6 Å². The summed E-state index contributed by atoms with van der Waals surface area (Å²) in [6.45, 7) is 2.22. The van der Waals surface area contributed by atoms with E-state index >= 15 is 0 Å². The maximum atomic E-state index is 12.1. The number of hydrogen-bond acceptors (Lipinski definition) is 3. The topological polar surface area (TPSA) is 61.4 Å². The van der Waals surface area contributed by atoms with E-state index < -0.39 is 0 Å². The first kappa shape index (κ1) is 19.5. The van der Waals surface area contributed by atoms with Crippen molar-refractivity contribution in [3.05, 3.63) is 65.7 Å². The van der Waals surface area contributed by atoms with E-state index in [0.29, 0.717) is 5.56 Å². The van der Waals surface area contributed by atoms with Crippen molar-refractivity contribution in [2.24, 2.45) is 0 Å². The third-order valence-electron chi connectivity index (χ3n) is 4.11. The first-order valence-corrected chi connectivity index (χ1v) is 8.84. The van der Waals surface area contributed by atoms with Gasteiger partial charge < -0.3 is 15.5 Å². The number of benzene rings is 2. The molecule has 0 saturated carbocycles. The molecule has 5 nitrogen and oxygen atoms in total. The lowest BCUT2D eigenvalue weighted by atomic mass is 10.1. The molecule has 0 saturated heterocycles. The Balaban J connectivity index is 1.73. The third-order valence-corrected chi connectivity index (χ3v) is 4.11. The summed E-state index contributed by atoms with van der Waals surface area (Å²) in [7, 11) is 3.44. The van der Waals surface area contributed by atoms with Crippen LogP contribution in [0.5, 0.6) is 0 Å². The van der Waals surface area contributed by atoms with Gasteiger partial charge in [-0.2, -0.15) is 0 Å². The Morgan fingerprint density at radius 1 is 1.00 bits per heavy atom. The summed E-state index contributed by atoms with van der Waals surface area (Å²) in [6, 6.07) is 17.5. The van der Waals surface area contributed by atoms with E-state index in [2.05, 4.69) is 22.8 Å². The van der Waals surface area contributed by atoms with Gasteiger partial charge in [-0.3, -0.25) is 9.59 Å². The summed E-state index contributed by atoms with van der Waals surface area (Å²) in [5.74, 6) is -0.0828. The van der Waals surface area contributed by atoms with Crippen LogP contribution in [-0.2, 0) is 11.2 Å². The largest absolute Gasteiger partial charge is 0.376 e. The van der Waals surface area contributed by atoms with Crippen molar-refractivity contribution in [3.63, 3.8) is 0 Å². The van der Waals surface area contributed by atoms with Gasteiger partial charge >= 0.3 is 0 Å². The fraction of sp³-hybridized carbons (Fsp3) is 0.333. The molecule has 2 N–H and O–H groups in total. The van der Waals surface area contributed by atoms with Gasteiger partial charge in [0.05, 0.1) is 6.54 Å². The molecule has 2 aromatic carbocycles. The highest BCUT2D eigenvalue weighted by molar-refractivity contribution is 5.94. The first-order valence-electron chi connectivity index (χ1n) is 8.84. The quantitative estimate of drug-likeness (QED) is 0.767. The minimum atomic E-state index is -0.0426. The van der Waals surface area contributed by atoms with E-state index in [1.54, 1.807) is 26.2 Å². The monoisotopic (exact) mass is 353 g/mol. The molecule has 0 aliphatic carbocycles. The molecule has 0 aliphatic heterocycles. The predicted molar refractivity (Wildman–Crippen MR) is 105 cm³/mol. The third kappa shape index (κ3) is 6.24. The molecule has 0 aromatic heterocycles. The Morgan fingerprint density at radius 3 is 2.27 bits per heavy atom. The average molecular weight is 353 g/mol. The van der Waals surface area contributed by atoms with Crippen molar-refractivity contribution >= 4 is 17.5 Å². The van der Waals surface area contributed by atoms with Gasteiger partial charge in [-0.25, -0.2) is 0 Å². The van der Waals surface area contributed by atoms with Gasteiger partial charge in [0.1, 0.15) is 0 Å². The molecule has 2 aromatic rings. The standard InChI is InChI=1S/C21H27N3O2/c1-16(9-10-17-7-5-4-6-8-17)23-20(25)15-22-19-13-11-18(12-14-19)21(26)24(2)3/h4-8,11-14,16,22H,9-10,15H2,1-3H3,(H,23,25)/t16-/m0/s1. The second kappa shape index (κ2) is 9.61. The number of nitrogens with one attached hydrogen (secondary N) is 2. The molecule has 1 atom stereocenters. The van der Waals surface area contributed by atoms with Crippen molar-refractivity contribution in [3.8, 4) is 0 Å². The molecule has 0 unspecified atom stereocenters. The molecule has 2 amide bonds. The van der Waals surface area contributed by atoms with Crippen LogP contribution in [0, 0.1) is 0 Å². The molecular formula is C21H27N3O2. The number of hydrogen-bond donors (Lipinski definition) is 2. The van der Waals surface area contributed by atoms with E-state index in [0.717, 1.165) is 18.5 Å². The van der Waals surface area contributed by atoms with Crippen LogP contribution in [0.2, 0.25) is 0 Å². The van der Waals surface area contributed by atoms with E-state index in [4.69, 9.17) is 0 Å². The second-order valence-corrected chi connectivity index (χ2v) is 6.62. The smallest absolute Gasteiger partial charge is 0.253 e. The van der Waals surface area contributed by atoms with Crippen LogP contribution in [0.3, 0.4) is 0 Å². The molecule has 0 radical (unpaired) electrons. The maximum absolute atomic E-state index is 12.1. The van der Waals surface area contributed by atoms with Crippen molar-refractivity contribution < 1.29 is 9.59 Å². The first-order chi connectivity index (χ1) is 12.5. The highest BCUT2D eigenvalue weighted by Gasteiger charge is 2.09. The van der Waals surface area contributed by atoms with Crippen LogP contribution in [0.25, 0.3) is 0 Å². The number of carbonyl (C=O) groups excluding carboxylic acids is 2. The van der Waals surface area contributed by atoms with Crippen molar-refractivity contribution in [2.75, 3.05) is 26.0 Å². The lowest BCUT2D eigenvalue weighted by Crippen LogP contribution is -2.36. The number of aryl methyl sites for hydroxylation is 1. The molecule has 0 aliphatic rings. The van der Waals surface area contributed by atoms with Gasteiger partial charge in [-0.1, -0.05) is 30.3 Å². The predicted octanol–water partition coefficient (Wildman–Crippen LogP) is 2.94. The summed E-state index contributed by atoms with van der Waals surface area (Å²) in [4.78, 5) is 25.5. The van der Waals surface area contributed by atoms with Crippen LogP contribution in [-0.4, -0.2) is 43.4 Å². The maximum Gasteiger partial charge on any atom is 0.253 e. The molecule has 0 heterocycles. The zero-order valence-corrected chi connectivity index (χ0v) is 15.7. The fourth-order valence-electron chi connectivity index (χ4n) is 2.60. The van der Waals surface area contributed by atoms with E-state index in [-0.39, 0.29) is 24.4 Å². The van der Waals surface area contributed by atoms with Crippen LogP contribution in [0.15, 0.2) is 54.6 Å². The Bertz CT molecular complexity index is 712. The van der Waals surface area contributed by atoms with Gasteiger partial charge in [0.2, 0.25) is 5.91 Å². The molecule has 0 fully saturated rings. The van der Waals surface area contributed by atoms with E-state index in [9.17, 15) is 9.59 Å². The Morgan fingerprint density at radius 2 is 1.65 bits per heavy atom. The molecule has 5 heteroatoms. The van der Waals surface area contributed by atoms with Crippen molar-refractivity contribution in [1.82, 2.24) is 10.2 Å². The average Bonchev–Trinajstić information content (AvgIpc) is 2.65. The van der Waals surface area contributed by atoms with E-state index in [1.165, 1.54) is 10.5 Å². The number of nitrogens with zero attached hydrogens (tertiary/aromatic N) is 1. The summed E-state index contributed by atoms with van der Waals surface area (Å²) in [5.41, 5.74) is 2.71. The van der Waals surface area contributed by atoms with Crippen LogP contribution in [0.1, 0.15) is 29.3 Å². The zero-order valence-electron chi connectivity index (χ0n) is 15.7. The van der Waals surface area contributed by atoms with Crippen LogP contribution < -0.4 is 10.6 Å². The van der Waals surface area contributed by atoms with Gasteiger partial charge in [0, 0.05) is 31.4 Å². The SMILES string of the molecule is C[C@@H](CCc1ccccc1)NC(=O)CNc1ccc(C(=O)N(C)C)cc1. The van der Waals surface area contributed by atoms with E-state index in [1.807, 2.05) is 37.3 Å². The minimum Gasteiger partial charge on any atom is -0.376 e. The Hall–Kier alpha value is -2.82. The lowest BCUT2D eigenvalue weighted by molar-refractivity contribution is -0.120. The van der Waals surface area contributed by atoms with Gasteiger partial charge in [0.25, 0.3) is 5.91 Å². The number of anilines is 1. The second-order valence-electron chi connectivity index (χ2n) is 6.62. The summed E-state index contributed by atoms with van der Waals surface area (Å²) >= 11 is 0. The summed E-state index contributed by atoms with van der Waals surface area (Å²) in [6.07, 6.45) is 1.84. The number of carbonyl (C=O) groups is 2. The summed E-state index contributed by atoms with van der Waals surface area (Å²) < 4.78 is 0.